The van der Waals surface area contributed by atoms with Crippen LogP contribution in [-0.4, -0.2) is 22.4 Å². The molecule has 114 valence electrons. The molecule has 0 aliphatic rings. The van der Waals surface area contributed by atoms with Crippen molar-refractivity contribution >= 4 is 23.2 Å². The molecule has 1 aromatic carbocycles. The summed E-state index contributed by atoms with van der Waals surface area (Å²) in [6.07, 6.45) is 0.625. The first-order valence-corrected chi connectivity index (χ1v) is 7.29. The molecule has 0 saturated heterocycles. The van der Waals surface area contributed by atoms with E-state index in [0.29, 0.717) is 23.1 Å². The summed E-state index contributed by atoms with van der Waals surface area (Å²) in [4.78, 5) is 0. The molecular weight excluding hydrogens is 311 g/mol. The highest BCUT2D eigenvalue weighted by molar-refractivity contribution is 6.31. The van der Waals surface area contributed by atoms with Gasteiger partial charge in [-0.3, -0.25) is 16.0 Å². The van der Waals surface area contributed by atoms with Gasteiger partial charge in [0, 0.05) is 18.5 Å². The molecular formula is C14H18Cl2N4O. The summed E-state index contributed by atoms with van der Waals surface area (Å²) in [5.74, 6) is 6.33. The van der Waals surface area contributed by atoms with Crippen molar-refractivity contribution in [3.63, 3.8) is 0 Å². The number of ether oxygens (including phenoxy) is 1. The van der Waals surface area contributed by atoms with Gasteiger partial charge >= 0.3 is 0 Å². The Hall–Kier alpha value is -1.27. The van der Waals surface area contributed by atoms with Gasteiger partial charge in [-0.2, -0.15) is 5.10 Å². The third-order valence-electron chi connectivity index (χ3n) is 3.20. The van der Waals surface area contributed by atoms with Crippen molar-refractivity contribution < 1.29 is 4.74 Å². The zero-order valence-corrected chi connectivity index (χ0v) is 13.4. The molecule has 5 nitrogen and oxygen atoms in total. The number of nitrogens with zero attached hydrogens (tertiary/aromatic N) is 2. The molecule has 0 spiro atoms. The molecule has 2 aromatic rings. The van der Waals surface area contributed by atoms with Crippen molar-refractivity contribution in [2.75, 3.05) is 6.61 Å². The maximum Gasteiger partial charge on any atom is 0.119 e. The zero-order valence-electron chi connectivity index (χ0n) is 11.9. The van der Waals surface area contributed by atoms with E-state index in [-0.39, 0.29) is 6.04 Å². The molecule has 0 amide bonds. The standard InChI is InChI=1S/C14H18Cl2N4O/c1-9-14(16)13(20(2)19-9)7-11(18-17)8-21-12-5-3-10(15)4-6-12/h3-6,11,18H,7-8,17H2,1-2H3. The summed E-state index contributed by atoms with van der Waals surface area (Å²) in [7, 11) is 1.86. The molecule has 2 rings (SSSR count). The Balaban J connectivity index is 1.98. The van der Waals surface area contributed by atoms with Gasteiger partial charge in [-0.1, -0.05) is 23.2 Å². The number of hydrazine groups is 1. The number of aryl methyl sites for hydroxylation is 2. The van der Waals surface area contributed by atoms with Gasteiger partial charge < -0.3 is 4.74 Å². The molecule has 7 heteroatoms. The molecule has 0 fully saturated rings. The van der Waals surface area contributed by atoms with Crippen molar-refractivity contribution in [2.24, 2.45) is 12.9 Å². The zero-order chi connectivity index (χ0) is 15.4. The molecule has 0 bridgehead atoms. The van der Waals surface area contributed by atoms with E-state index in [2.05, 4.69) is 10.5 Å². The van der Waals surface area contributed by atoms with Crippen LogP contribution in [0.4, 0.5) is 0 Å². The number of nitrogens with one attached hydrogen (secondary N) is 1. The Bertz CT molecular complexity index is 598. The monoisotopic (exact) mass is 328 g/mol. The quantitative estimate of drug-likeness (QED) is 0.631. The molecule has 1 aromatic heterocycles. The van der Waals surface area contributed by atoms with Crippen LogP contribution in [0.3, 0.4) is 0 Å². The predicted octanol–water partition coefficient (Wildman–Crippen LogP) is 2.49. The molecule has 1 atom stereocenters. The average molecular weight is 329 g/mol. The highest BCUT2D eigenvalue weighted by atomic mass is 35.5. The van der Waals surface area contributed by atoms with Crippen LogP contribution in [0, 0.1) is 6.92 Å². The Labute approximate surface area is 134 Å². The SMILES string of the molecule is Cc1nn(C)c(CC(COc2ccc(Cl)cc2)NN)c1Cl. The minimum Gasteiger partial charge on any atom is -0.492 e. The summed E-state index contributed by atoms with van der Waals surface area (Å²) >= 11 is 12.1. The highest BCUT2D eigenvalue weighted by Crippen LogP contribution is 2.21. The number of hydrogen-bond donors (Lipinski definition) is 2. The minimum absolute atomic E-state index is 0.0759. The minimum atomic E-state index is -0.0759. The largest absolute Gasteiger partial charge is 0.492 e. The van der Waals surface area contributed by atoms with Crippen LogP contribution in [0.5, 0.6) is 5.75 Å². The lowest BCUT2D eigenvalue weighted by molar-refractivity contribution is 0.262. The lowest BCUT2D eigenvalue weighted by Gasteiger charge is -2.17. The van der Waals surface area contributed by atoms with Gasteiger partial charge in [0.2, 0.25) is 0 Å². The summed E-state index contributed by atoms with van der Waals surface area (Å²) < 4.78 is 7.47. The number of halogens is 2. The van der Waals surface area contributed by atoms with Gasteiger partial charge in [-0.25, -0.2) is 0 Å². The lowest BCUT2D eigenvalue weighted by Crippen LogP contribution is -2.41. The topological polar surface area (TPSA) is 65.1 Å². The van der Waals surface area contributed by atoms with Crippen molar-refractivity contribution in [2.45, 2.75) is 19.4 Å². The third-order valence-corrected chi connectivity index (χ3v) is 3.95. The first kappa shape index (κ1) is 16.1. The van der Waals surface area contributed by atoms with Gasteiger partial charge in [0.25, 0.3) is 0 Å². The molecule has 0 radical (unpaired) electrons. The highest BCUT2D eigenvalue weighted by Gasteiger charge is 2.17. The van der Waals surface area contributed by atoms with E-state index >= 15 is 0 Å². The van der Waals surface area contributed by atoms with E-state index in [4.69, 9.17) is 33.8 Å². The fourth-order valence-corrected chi connectivity index (χ4v) is 2.39. The third kappa shape index (κ3) is 4.11. The second-order valence-electron chi connectivity index (χ2n) is 4.80. The number of benzene rings is 1. The maximum atomic E-state index is 6.24. The number of aromatic nitrogens is 2. The van der Waals surface area contributed by atoms with E-state index < -0.39 is 0 Å². The Morgan fingerprint density at radius 2 is 2.00 bits per heavy atom. The molecule has 0 saturated carbocycles. The van der Waals surface area contributed by atoms with Crippen molar-refractivity contribution in [1.29, 1.82) is 0 Å². The van der Waals surface area contributed by atoms with Crippen LogP contribution in [0.15, 0.2) is 24.3 Å². The van der Waals surface area contributed by atoms with Gasteiger partial charge in [0.05, 0.1) is 22.5 Å². The molecule has 1 heterocycles. The fraction of sp³-hybridized carbons (Fsp3) is 0.357. The van der Waals surface area contributed by atoms with Crippen molar-refractivity contribution in [3.05, 3.63) is 45.7 Å². The van der Waals surface area contributed by atoms with E-state index in [0.717, 1.165) is 17.1 Å². The number of nitrogens with two attached hydrogens (primary N) is 1. The van der Waals surface area contributed by atoms with Gasteiger partial charge in [0.1, 0.15) is 12.4 Å². The summed E-state index contributed by atoms with van der Waals surface area (Å²) in [5, 5.41) is 5.63. The first-order valence-electron chi connectivity index (χ1n) is 6.53. The van der Waals surface area contributed by atoms with E-state index in [1.807, 2.05) is 26.1 Å². The van der Waals surface area contributed by atoms with Crippen LogP contribution < -0.4 is 16.0 Å². The summed E-state index contributed by atoms with van der Waals surface area (Å²) in [6, 6.07) is 7.12. The maximum absolute atomic E-state index is 6.24. The van der Waals surface area contributed by atoms with E-state index in [9.17, 15) is 0 Å². The lowest BCUT2D eigenvalue weighted by atomic mass is 10.1. The Morgan fingerprint density at radius 3 is 2.52 bits per heavy atom. The average Bonchev–Trinajstić information content (AvgIpc) is 2.71. The fourth-order valence-electron chi connectivity index (χ4n) is 2.03. The van der Waals surface area contributed by atoms with Crippen molar-refractivity contribution in [1.82, 2.24) is 15.2 Å². The second kappa shape index (κ2) is 7.13. The van der Waals surface area contributed by atoms with E-state index in [1.165, 1.54) is 0 Å². The summed E-state index contributed by atoms with van der Waals surface area (Å²) in [6.45, 7) is 2.29. The van der Waals surface area contributed by atoms with E-state index in [1.54, 1.807) is 16.8 Å². The van der Waals surface area contributed by atoms with Crippen LogP contribution >= 0.6 is 23.2 Å². The van der Waals surface area contributed by atoms with Gasteiger partial charge in [-0.05, 0) is 31.2 Å². The molecule has 21 heavy (non-hydrogen) atoms. The number of hydrogen-bond acceptors (Lipinski definition) is 4. The van der Waals surface area contributed by atoms with Gasteiger partial charge in [0.15, 0.2) is 0 Å². The predicted molar refractivity (Wildman–Crippen MR) is 84.7 cm³/mol. The first-order chi connectivity index (χ1) is 10.0. The van der Waals surface area contributed by atoms with Crippen LogP contribution in [-0.2, 0) is 13.5 Å². The Kier molecular flexibility index (Phi) is 5.47. The van der Waals surface area contributed by atoms with Crippen LogP contribution in [0.2, 0.25) is 10.0 Å². The summed E-state index contributed by atoms with van der Waals surface area (Å²) in [5.41, 5.74) is 4.48. The second-order valence-corrected chi connectivity index (χ2v) is 5.62. The normalized spacial score (nSPS) is 12.4. The molecule has 1 unspecified atom stereocenters. The number of rotatable bonds is 6. The Morgan fingerprint density at radius 1 is 1.33 bits per heavy atom. The van der Waals surface area contributed by atoms with Gasteiger partial charge in [-0.15, -0.1) is 0 Å². The molecule has 0 aliphatic carbocycles. The smallest absolute Gasteiger partial charge is 0.119 e. The van der Waals surface area contributed by atoms with Crippen molar-refractivity contribution in [3.8, 4) is 5.75 Å². The molecule has 0 aliphatic heterocycles. The molecule has 3 N–H and O–H groups in total. The van der Waals surface area contributed by atoms with Crippen LogP contribution in [0.25, 0.3) is 0 Å². The van der Waals surface area contributed by atoms with Crippen LogP contribution in [0.1, 0.15) is 11.4 Å².